The highest BCUT2D eigenvalue weighted by Crippen LogP contribution is 2.32. The van der Waals surface area contributed by atoms with E-state index in [4.69, 9.17) is 4.74 Å². The zero-order valence-corrected chi connectivity index (χ0v) is 18.1. The van der Waals surface area contributed by atoms with Crippen molar-refractivity contribution in [3.05, 3.63) is 89.7 Å². The SMILES string of the molecule is COC(=O)COc1cc(-c2ccc(F)cc2)nc2ccc(NC(=O)c3cccc(C)c3)cc12. The Hall–Kier alpha value is -4.26. The number of ether oxygens (including phenoxy) is 2. The van der Waals surface area contributed by atoms with Gasteiger partial charge in [0.25, 0.3) is 5.91 Å². The van der Waals surface area contributed by atoms with E-state index >= 15 is 0 Å². The van der Waals surface area contributed by atoms with Gasteiger partial charge in [-0.1, -0.05) is 17.7 Å². The molecule has 1 N–H and O–H groups in total. The number of anilines is 1. The van der Waals surface area contributed by atoms with Gasteiger partial charge in [-0.15, -0.1) is 0 Å². The Kier molecular flexibility index (Phi) is 6.31. The number of nitrogens with zero attached hydrogens (tertiary/aromatic N) is 1. The number of amides is 1. The van der Waals surface area contributed by atoms with Crippen LogP contribution < -0.4 is 10.1 Å². The lowest BCUT2D eigenvalue weighted by molar-refractivity contribution is -0.142. The van der Waals surface area contributed by atoms with Crippen LogP contribution in [0.5, 0.6) is 5.75 Å². The summed E-state index contributed by atoms with van der Waals surface area (Å²) in [7, 11) is 1.28. The Balaban J connectivity index is 1.72. The monoisotopic (exact) mass is 444 g/mol. The first-order valence-electron chi connectivity index (χ1n) is 10.2. The highest BCUT2D eigenvalue weighted by molar-refractivity contribution is 6.05. The third-order valence-electron chi connectivity index (χ3n) is 5.02. The van der Waals surface area contributed by atoms with Gasteiger partial charge in [-0.05, 0) is 61.5 Å². The van der Waals surface area contributed by atoms with Gasteiger partial charge in [0.05, 0.1) is 18.3 Å². The summed E-state index contributed by atoms with van der Waals surface area (Å²) in [4.78, 5) is 28.9. The molecule has 0 fully saturated rings. The maximum absolute atomic E-state index is 13.3. The lowest BCUT2D eigenvalue weighted by atomic mass is 10.1. The molecule has 7 heteroatoms. The molecule has 0 bridgehead atoms. The Morgan fingerprint density at radius 3 is 2.52 bits per heavy atom. The van der Waals surface area contributed by atoms with Crippen LogP contribution in [0.25, 0.3) is 22.2 Å². The predicted octanol–water partition coefficient (Wildman–Crippen LogP) is 5.15. The van der Waals surface area contributed by atoms with Crippen LogP contribution in [0.1, 0.15) is 15.9 Å². The summed E-state index contributed by atoms with van der Waals surface area (Å²) in [5, 5.41) is 3.48. The van der Waals surface area contributed by atoms with Crippen molar-refractivity contribution < 1.29 is 23.5 Å². The van der Waals surface area contributed by atoms with E-state index < -0.39 is 5.97 Å². The van der Waals surface area contributed by atoms with E-state index in [2.05, 4.69) is 15.0 Å². The van der Waals surface area contributed by atoms with Gasteiger partial charge in [0.1, 0.15) is 11.6 Å². The zero-order valence-electron chi connectivity index (χ0n) is 18.1. The molecule has 0 atom stereocenters. The van der Waals surface area contributed by atoms with E-state index in [1.165, 1.54) is 19.2 Å². The quantitative estimate of drug-likeness (QED) is 0.416. The first-order valence-corrected chi connectivity index (χ1v) is 10.2. The normalized spacial score (nSPS) is 10.6. The molecule has 0 aliphatic carbocycles. The summed E-state index contributed by atoms with van der Waals surface area (Å²) in [5.41, 5.74) is 3.91. The molecular weight excluding hydrogens is 423 g/mol. The third-order valence-corrected chi connectivity index (χ3v) is 5.02. The Morgan fingerprint density at radius 1 is 1.00 bits per heavy atom. The van der Waals surface area contributed by atoms with E-state index in [1.807, 2.05) is 19.1 Å². The molecular formula is C26H21FN2O4. The van der Waals surface area contributed by atoms with Crippen molar-refractivity contribution in [2.24, 2.45) is 0 Å². The zero-order chi connectivity index (χ0) is 23.4. The summed E-state index contributed by atoms with van der Waals surface area (Å²) in [5.74, 6) is -0.745. The van der Waals surface area contributed by atoms with Crippen LogP contribution in [0.15, 0.2) is 72.8 Å². The summed E-state index contributed by atoms with van der Waals surface area (Å²) in [6.07, 6.45) is 0. The molecule has 1 heterocycles. The van der Waals surface area contributed by atoms with Crippen molar-refractivity contribution in [3.8, 4) is 17.0 Å². The molecule has 33 heavy (non-hydrogen) atoms. The van der Waals surface area contributed by atoms with Crippen LogP contribution in [0, 0.1) is 12.7 Å². The second-order valence-corrected chi connectivity index (χ2v) is 7.43. The number of carbonyl (C=O) groups is 2. The molecule has 0 spiro atoms. The average Bonchev–Trinajstić information content (AvgIpc) is 2.82. The van der Waals surface area contributed by atoms with Gasteiger partial charge in [0.15, 0.2) is 6.61 Å². The highest BCUT2D eigenvalue weighted by Gasteiger charge is 2.13. The number of methoxy groups -OCH3 is 1. The van der Waals surface area contributed by atoms with Crippen molar-refractivity contribution in [1.29, 1.82) is 0 Å². The number of halogens is 1. The van der Waals surface area contributed by atoms with Crippen LogP contribution in [0.3, 0.4) is 0 Å². The minimum absolute atomic E-state index is 0.244. The van der Waals surface area contributed by atoms with Crippen LogP contribution >= 0.6 is 0 Å². The van der Waals surface area contributed by atoms with E-state index in [1.54, 1.807) is 48.5 Å². The fourth-order valence-electron chi connectivity index (χ4n) is 3.35. The predicted molar refractivity (Wildman–Crippen MR) is 124 cm³/mol. The maximum atomic E-state index is 13.3. The Morgan fingerprint density at radius 2 is 1.79 bits per heavy atom. The standard InChI is InChI=1S/C26H21FN2O4/c1-16-4-3-5-18(12-16)26(31)28-20-10-11-22-21(13-20)24(33-15-25(30)32-2)14-23(29-22)17-6-8-19(27)9-7-17/h3-14H,15H2,1-2H3,(H,28,31). The van der Waals surface area contributed by atoms with E-state index in [0.29, 0.717) is 39.2 Å². The minimum atomic E-state index is -0.535. The largest absolute Gasteiger partial charge is 0.481 e. The Labute approximate surface area is 190 Å². The number of esters is 1. The molecule has 1 aromatic heterocycles. The van der Waals surface area contributed by atoms with Crippen molar-refractivity contribution in [2.75, 3.05) is 19.0 Å². The molecule has 166 valence electrons. The van der Waals surface area contributed by atoms with E-state index in [0.717, 1.165) is 5.56 Å². The smallest absolute Gasteiger partial charge is 0.343 e. The van der Waals surface area contributed by atoms with Crippen molar-refractivity contribution in [1.82, 2.24) is 4.98 Å². The Bertz CT molecular complexity index is 1340. The number of carbonyl (C=O) groups excluding carboxylic acids is 2. The molecule has 0 saturated carbocycles. The number of benzene rings is 3. The van der Waals surface area contributed by atoms with Gasteiger partial charge in [-0.2, -0.15) is 0 Å². The summed E-state index contributed by atoms with van der Waals surface area (Å²) in [6, 6.07) is 20.1. The van der Waals surface area contributed by atoms with Gasteiger partial charge < -0.3 is 14.8 Å². The molecule has 0 saturated heterocycles. The minimum Gasteiger partial charge on any atom is -0.481 e. The van der Waals surface area contributed by atoms with Crippen LogP contribution in [-0.4, -0.2) is 30.6 Å². The topological polar surface area (TPSA) is 77.5 Å². The number of hydrogen-bond acceptors (Lipinski definition) is 5. The van der Waals surface area contributed by atoms with Crippen LogP contribution in [0.4, 0.5) is 10.1 Å². The van der Waals surface area contributed by atoms with Crippen molar-refractivity contribution in [3.63, 3.8) is 0 Å². The fraction of sp³-hybridized carbons (Fsp3) is 0.115. The highest BCUT2D eigenvalue weighted by atomic mass is 19.1. The van der Waals surface area contributed by atoms with E-state index in [-0.39, 0.29) is 18.3 Å². The van der Waals surface area contributed by atoms with Gasteiger partial charge in [0, 0.05) is 28.3 Å². The first-order chi connectivity index (χ1) is 15.9. The van der Waals surface area contributed by atoms with Gasteiger partial charge in [-0.3, -0.25) is 4.79 Å². The number of rotatable bonds is 6. The third kappa shape index (κ3) is 5.15. The van der Waals surface area contributed by atoms with Crippen LogP contribution in [0.2, 0.25) is 0 Å². The number of aromatic nitrogens is 1. The summed E-state index contributed by atoms with van der Waals surface area (Å²) >= 11 is 0. The summed E-state index contributed by atoms with van der Waals surface area (Å²) in [6.45, 7) is 1.63. The second kappa shape index (κ2) is 9.48. The van der Waals surface area contributed by atoms with Gasteiger partial charge >= 0.3 is 5.97 Å². The van der Waals surface area contributed by atoms with E-state index in [9.17, 15) is 14.0 Å². The van der Waals surface area contributed by atoms with Crippen LogP contribution in [-0.2, 0) is 9.53 Å². The number of nitrogens with one attached hydrogen (secondary N) is 1. The summed E-state index contributed by atoms with van der Waals surface area (Å²) < 4.78 is 23.7. The lowest BCUT2D eigenvalue weighted by Crippen LogP contribution is -2.13. The second-order valence-electron chi connectivity index (χ2n) is 7.43. The maximum Gasteiger partial charge on any atom is 0.343 e. The fourth-order valence-corrected chi connectivity index (χ4v) is 3.35. The number of fused-ring (bicyclic) bond motifs is 1. The molecule has 6 nitrogen and oxygen atoms in total. The lowest BCUT2D eigenvalue weighted by Gasteiger charge is -2.13. The number of hydrogen-bond donors (Lipinski definition) is 1. The van der Waals surface area contributed by atoms with Crippen molar-refractivity contribution in [2.45, 2.75) is 6.92 Å². The molecule has 0 unspecified atom stereocenters. The molecule has 0 radical (unpaired) electrons. The van der Waals surface area contributed by atoms with Crippen molar-refractivity contribution >= 4 is 28.5 Å². The number of aryl methyl sites for hydroxylation is 1. The molecule has 3 aromatic carbocycles. The number of pyridine rings is 1. The molecule has 4 aromatic rings. The average molecular weight is 444 g/mol. The molecule has 0 aliphatic heterocycles. The first kappa shape index (κ1) is 22.0. The van der Waals surface area contributed by atoms with Gasteiger partial charge in [0.2, 0.25) is 0 Å². The molecule has 4 rings (SSSR count). The van der Waals surface area contributed by atoms with Gasteiger partial charge in [-0.25, -0.2) is 14.2 Å². The molecule has 1 amide bonds. The molecule has 0 aliphatic rings.